The van der Waals surface area contributed by atoms with Gasteiger partial charge in [0, 0.05) is 19.0 Å². The lowest BCUT2D eigenvalue weighted by Crippen LogP contribution is -2.50. The topological polar surface area (TPSA) is 74.8 Å². The quantitative estimate of drug-likeness (QED) is 0.707. The average Bonchev–Trinajstić information content (AvgIpc) is 3.10. The zero-order valence-electron chi connectivity index (χ0n) is 17.8. The highest BCUT2D eigenvalue weighted by atomic mass is 32.2. The van der Waals surface area contributed by atoms with Gasteiger partial charge in [-0.3, -0.25) is 9.59 Å². The van der Waals surface area contributed by atoms with Crippen molar-refractivity contribution in [2.24, 2.45) is 0 Å². The summed E-state index contributed by atoms with van der Waals surface area (Å²) in [6.07, 6.45) is 0.234. The van der Waals surface area contributed by atoms with E-state index < -0.39 is 22.0 Å². The molecule has 3 rings (SSSR count). The van der Waals surface area contributed by atoms with Crippen LogP contribution >= 0.6 is 0 Å². The van der Waals surface area contributed by atoms with Gasteiger partial charge < -0.3 is 4.90 Å². The van der Waals surface area contributed by atoms with Gasteiger partial charge in [0.05, 0.1) is 4.90 Å². The molecule has 1 fully saturated rings. The van der Waals surface area contributed by atoms with Crippen LogP contribution in [0.5, 0.6) is 0 Å². The maximum atomic E-state index is 13.4. The Labute approximate surface area is 178 Å². The fraction of sp³-hybridized carbons (Fsp3) is 0.391. The van der Waals surface area contributed by atoms with Crippen LogP contribution in [0.25, 0.3) is 0 Å². The van der Waals surface area contributed by atoms with Gasteiger partial charge in [0.1, 0.15) is 6.04 Å². The predicted molar refractivity (Wildman–Crippen MR) is 115 cm³/mol. The van der Waals surface area contributed by atoms with Crippen molar-refractivity contribution in [2.75, 3.05) is 0 Å². The lowest BCUT2D eigenvalue weighted by Gasteiger charge is -2.32. The summed E-state index contributed by atoms with van der Waals surface area (Å²) in [6, 6.07) is 13.2. The Kier molecular flexibility index (Phi) is 6.31. The molecule has 2 aromatic carbocycles. The summed E-state index contributed by atoms with van der Waals surface area (Å²) in [5.41, 5.74) is 2.73. The summed E-state index contributed by atoms with van der Waals surface area (Å²) >= 11 is 0. The van der Waals surface area contributed by atoms with Crippen LogP contribution in [-0.2, 0) is 26.2 Å². The minimum atomic E-state index is -4.12. The number of amides is 2. The monoisotopic (exact) mass is 428 g/mol. The molecule has 0 bridgehead atoms. The molecular formula is C23H28N2O4S. The van der Waals surface area contributed by atoms with Crippen LogP contribution < -0.4 is 0 Å². The highest BCUT2D eigenvalue weighted by molar-refractivity contribution is 7.89. The van der Waals surface area contributed by atoms with E-state index in [1.807, 2.05) is 58.0 Å². The second-order valence-electron chi connectivity index (χ2n) is 8.04. The van der Waals surface area contributed by atoms with Crippen LogP contribution in [0, 0.1) is 13.8 Å². The number of carbonyl (C=O) groups excluding carboxylic acids is 2. The van der Waals surface area contributed by atoms with Crippen molar-refractivity contribution >= 4 is 21.8 Å². The number of benzene rings is 2. The van der Waals surface area contributed by atoms with Gasteiger partial charge in [0.25, 0.3) is 10.0 Å². The third-order valence-electron chi connectivity index (χ3n) is 5.58. The molecule has 1 heterocycles. The lowest BCUT2D eigenvalue weighted by atomic mass is 10.1. The van der Waals surface area contributed by atoms with Gasteiger partial charge in [-0.1, -0.05) is 36.4 Å². The fourth-order valence-electron chi connectivity index (χ4n) is 3.66. The van der Waals surface area contributed by atoms with Crippen LogP contribution in [0.3, 0.4) is 0 Å². The van der Waals surface area contributed by atoms with E-state index in [-0.39, 0.29) is 29.7 Å². The molecule has 1 atom stereocenters. The second-order valence-corrected chi connectivity index (χ2v) is 9.86. The van der Waals surface area contributed by atoms with E-state index in [9.17, 15) is 18.0 Å². The van der Waals surface area contributed by atoms with Crippen molar-refractivity contribution in [1.82, 2.24) is 9.21 Å². The van der Waals surface area contributed by atoms with E-state index >= 15 is 0 Å². The summed E-state index contributed by atoms with van der Waals surface area (Å²) in [7, 11) is -4.12. The fourth-order valence-corrected chi connectivity index (χ4v) is 5.34. The number of hydrogen-bond acceptors (Lipinski definition) is 4. The Hall–Kier alpha value is -2.67. The normalized spacial score (nSPS) is 16.9. The number of sulfonamides is 1. The Morgan fingerprint density at radius 3 is 2.37 bits per heavy atom. The molecule has 0 saturated carbocycles. The zero-order chi connectivity index (χ0) is 22.1. The molecule has 0 spiro atoms. The van der Waals surface area contributed by atoms with Crippen LogP contribution in [0.1, 0.15) is 43.4 Å². The number of carbonyl (C=O) groups is 2. The van der Waals surface area contributed by atoms with Crippen molar-refractivity contribution in [3.05, 3.63) is 65.2 Å². The molecule has 30 heavy (non-hydrogen) atoms. The molecule has 7 heteroatoms. The van der Waals surface area contributed by atoms with Gasteiger partial charge in [-0.15, -0.1) is 0 Å². The van der Waals surface area contributed by atoms with Crippen LogP contribution in [0.4, 0.5) is 0 Å². The van der Waals surface area contributed by atoms with Crippen molar-refractivity contribution in [3.63, 3.8) is 0 Å². The molecule has 0 radical (unpaired) electrons. The van der Waals surface area contributed by atoms with E-state index in [1.54, 1.807) is 17.0 Å². The van der Waals surface area contributed by atoms with E-state index in [0.29, 0.717) is 6.54 Å². The first-order chi connectivity index (χ1) is 14.1. The largest absolute Gasteiger partial charge is 0.334 e. The standard InChI is InChI=1S/C23H28N2O4S/c1-16(2)24(15-19-8-6-5-7-9-19)23(27)21-12-13-22(26)25(21)30(28,29)20-11-10-17(3)18(4)14-20/h5-11,14,16,21H,12-13,15H2,1-4H3/t21-/m0/s1. The number of aryl methyl sites for hydroxylation is 2. The van der Waals surface area contributed by atoms with Crippen LogP contribution in [-0.4, -0.2) is 41.5 Å². The average molecular weight is 429 g/mol. The summed E-state index contributed by atoms with van der Waals surface area (Å²) in [5, 5.41) is 0. The Morgan fingerprint density at radius 1 is 1.10 bits per heavy atom. The second kappa shape index (κ2) is 8.60. The first-order valence-corrected chi connectivity index (χ1v) is 11.6. The smallest absolute Gasteiger partial charge is 0.267 e. The van der Waals surface area contributed by atoms with Gasteiger partial charge in [-0.25, -0.2) is 12.7 Å². The van der Waals surface area contributed by atoms with E-state index in [0.717, 1.165) is 21.0 Å². The van der Waals surface area contributed by atoms with Gasteiger partial charge in [0.15, 0.2) is 0 Å². The van der Waals surface area contributed by atoms with Crippen molar-refractivity contribution in [1.29, 1.82) is 0 Å². The zero-order valence-corrected chi connectivity index (χ0v) is 18.6. The molecular weight excluding hydrogens is 400 g/mol. The number of hydrogen-bond donors (Lipinski definition) is 0. The number of rotatable bonds is 6. The Bertz CT molecular complexity index is 1050. The van der Waals surface area contributed by atoms with Gasteiger partial charge >= 0.3 is 0 Å². The van der Waals surface area contributed by atoms with Gasteiger partial charge in [0.2, 0.25) is 11.8 Å². The van der Waals surface area contributed by atoms with Crippen molar-refractivity contribution in [2.45, 2.75) is 64.1 Å². The summed E-state index contributed by atoms with van der Waals surface area (Å²) in [4.78, 5) is 27.7. The number of nitrogens with zero attached hydrogens (tertiary/aromatic N) is 2. The van der Waals surface area contributed by atoms with Crippen LogP contribution in [0.2, 0.25) is 0 Å². The van der Waals surface area contributed by atoms with Crippen LogP contribution in [0.15, 0.2) is 53.4 Å². The van der Waals surface area contributed by atoms with E-state index in [4.69, 9.17) is 0 Å². The van der Waals surface area contributed by atoms with E-state index in [2.05, 4.69) is 0 Å². The summed E-state index contributed by atoms with van der Waals surface area (Å²) in [6.45, 7) is 7.85. The molecule has 0 aliphatic carbocycles. The summed E-state index contributed by atoms with van der Waals surface area (Å²) in [5.74, 6) is -0.873. The van der Waals surface area contributed by atoms with Crippen molar-refractivity contribution in [3.8, 4) is 0 Å². The SMILES string of the molecule is Cc1ccc(S(=O)(=O)N2C(=O)CC[C@H]2C(=O)N(Cc2ccccc2)C(C)C)cc1C. The molecule has 6 nitrogen and oxygen atoms in total. The molecule has 1 aliphatic heterocycles. The maximum Gasteiger partial charge on any atom is 0.267 e. The minimum absolute atomic E-state index is 0.0394. The third-order valence-corrected chi connectivity index (χ3v) is 7.41. The van der Waals surface area contributed by atoms with Gasteiger partial charge in [-0.05, 0) is 62.9 Å². The first kappa shape index (κ1) is 22.0. The van der Waals surface area contributed by atoms with Gasteiger partial charge in [-0.2, -0.15) is 0 Å². The molecule has 1 saturated heterocycles. The third kappa shape index (κ3) is 4.26. The van der Waals surface area contributed by atoms with Crippen molar-refractivity contribution < 1.29 is 18.0 Å². The molecule has 2 aromatic rings. The molecule has 0 N–H and O–H groups in total. The molecule has 2 amide bonds. The van der Waals surface area contributed by atoms with E-state index in [1.165, 1.54) is 6.07 Å². The Balaban J connectivity index is 1.94. The molecule has 1 aliphatic rings. The first-order valence-electron chi connectivity index (χ1n) is 10.1. The molecule has 160 valence electrons. The lowest BCUT2D eigenvalue weighted by molar-refractivity contribution is -0.139. The highest BCUT2D eigenvalue weighted by Gasteiger charge is 2.46. The highest BCUT2D eigenvalue weighted by Crippen LogP contribution is 2.30. The maximum absolute atomic E-state index is 13.4. The molecule has 0 unspecified atom stereocenters. The Morgan fingerprint density at radius 2 is 1.77 bits per heavy atom. The minimum Gasteiger partial charge on any atom is -0.334 e. The molecule has 0 aromatic heterocycles. The summed E-state index contributed by atoms with van der Waals surface area (Å²) < 4.78 is 27.4. The predicted octanol–water partition coefficient (Wildman–Crippen LogP) is 3.42.